The van der Waals surface area contributed by atoms with Crippen LogP contribution in [0.15, 0.2) is 12.4 Å². The molecule has 1 heterocycles. The fourth-order valence-electron chi connectivity index (χ4n) is 0.779. The molecular formula is C7H11F2N5. The van der Waals surface area contributed by atoms with Crippen molar-refractivity contribution in [3.8, 4) is 0 Å². The van der Waals surface area contributed by atoms with Gasteiger partial charge >= 0.3 is 0 Å². The molecule has 1 aromatic heterocycles. The summed E-state index contributed by atoms with van der Waals surface area (Å²) in [5.41, 5.74) is 2.29. The zero-order valence-electron chi connectivity index (χ0n) is 7.59. The lowest BCUT2D eigenvalue weighted by molar-refractivity contribution is 0.0367. The largest absolute Gasteiger partial charge is 0.364 e. The number of nitrogens with one attached hydrogen (secondary N) is 2. The molecular weight excluding hydrogens is 192 g/mol. The molecule has 0 aliphatic rings. The van der Waals surface area contributed by atoms with Crippen molar-refractivity contribution in [2.75, 3.05) is 17.3 Å². The maximum absolute atomic E-state index is 12.4. The second kappa shape index (κ2) is 4.14. The number of rotatable bonds is 4. The quantitative estimate of drug-likeness (QED) is 0.499. The summed E-state index contributed by atoms with van der Waals surface area (Å²) in [5.74, 6) is 2.97. The Morgan fingerprint density at radius 3 is 2.64 bits per heavy atom. The molecule has 0 amide bonds. The molecule has 0 aliphatic heterocycles. The van der Waals surface area contributed by atoms with Crippen LogP contribution in [0, 0.1) is 0 Å². The number of nitrogen functional groups attached to an aromatic ring is 1. The maximum Gasteiger partial charge on any atom is 0.262 e. The molecule has 0 atom stereocenters. The van der Waals surface area contributed by atoms with E-state index in [0.717, 1.165) is 6.92 Å². The molecule has 0 radical (unpaired) electrons. The number of anilines is 2. The van der Waals surface area contributed by atoms with Gasteiger partial charge in [-0.2, -0.15) is 0 Å². The van der Waals surface area contributed by atoms with Crippen LogP contribution in [0.1, 0.15) is 6.92 Å². The number of hydrazine groups is 1. The molecule has 4 N–H and O–H groups in total. The van der Waals surface area contributed by atoms with Gasteiger partial charge in [-0.3, -0.25) is 0 Å². The fraction of sp³-hybridized carbons (Fsp3) is 0.429. The summed E-state index contributed by atoms with van der Waals surface area (Å²) in [7, 11) is 0. The van der Waals surface area contributed by atoms with Crippen molar-refractivity contribution >= 4 is 11.6 Å². The van der Waals surface area contributed by atoms with E-state index in [-0.39, 0.29) is 0 Å². The highest BCUT2D eigenvalue weighted by atomic mass is 19.3. The molecule has 0 bridgehead atoms. The normalized spacial score (nSPS) is 11.1. The van der Waals surface area contributed by atoms with Gasteiger partial charge < -0.3 is 10.7 Å². The van der Waals surface area contributed by atoms with E-state index in [1.807, 2.05) is 0 Å². The van der Waals surface area contributed by atoms with Gasteiger partial charge in [0.15, 0.2) is 0 Å². The first-order chi connectivity index (χ1) is 6.51. The molecule has 0 saturated carbocycles. The van der Waals surface area contributed by atoms with E-state index < -0.39 is 12.5 Å². The molecule has 7 heteroatoms. The van der Waals surface area contributed by atoms with Gasteiger partial charge in [0.2, 0.25) is 0 Å². The molecule has 0 aromatic carbocycles. The van der Waals surface area contributed by atoms with Gasteiger partial charge in [-0.1, -0.05) is 0 Å². The average molecular weight is 203 g/mol. The number of hydrogen-bond donors (Lipinski definition) is 3. The molecule has 78 valence electrons. The van der Waals surface area contributed by atoms with Gasteiger partial charge in [-0.15, -0.1) is 0 Å². The van der Waals surface area contributed by atoms with Crippen molar-refractivity contribution in [2.45, 2.75) is 12.8 Å². The van der Waals surface area contributed by atoms with Crippen LogP contribution in [0.3, 0.4) is 0 Å². The summed E-state index contributed by atoms with van der Waals surface area (Å²) < 4.78 is 24.9. The van der Waals surface area contributed by atoms with E-state index in [1.165, 1.54) is 12.4 Å². The van der Waals surface area contributed by atoms with Crippen molar-refractivity contribution in [3.63, 3.8) is 0 Å². The Morgan fingerprint density at radius 2 is 2.07 bits per heavy atom. The first-order valence-corrected chi connectivity index (χ1v) is 3.91. The number of alkyl halides is 2. The molecule has 0 spiro atoms. The first-order valence-electron chi connectivity index (χ1n) is 3.91. The van der Waals surface area contributed by atoms with Crippen molar-refractivity contribution in [1.82, 2.24) is 9.97 Å². The second-order valence-electron chi connectivity index (χ2n) is 2.86. The Labute approximate surface area is 79.7 Å². The van der Waals surface area contributed by atoms with E-state index in [2.05, 4.69) is 20.7 Å². The van der Waals surface area contributed by atoms with Gasteiger partial charge in [0.25, 0.3) is 5.92 Å². The van der Waals surface area contributed by atoms with Crippen LogP contribution in [0.2, 0.25) is 0 Å². The smallest absolute Gasteiger partial charge is 0.262 e. The van der Waals surface area contributed by atoms with Gasteiger partial charge in [-0.05, 0) is 0 Å². The van der Waals surface area contributed by atoms with Crippen LogP contribution in [0.4, 0.5) is 20.4 Å². The molecule has 0 aliphatic carbocycles. The fourth-order valence-corrected chi connectivity index (χ4v) is 0.779. The summed E-state index contributed by atoms with van der Waals surface area (Å²) in [4.78, 5) is 7.47. The van der Waals surface area contributed by atoms with E-state index in [0.29, 0.717) is 11.6 Å². The molecule has 0 saturated heterocycles. The SMILES string of the molecule is CC(F)(F)CNc1cc(NN)ncn1. The van der Waals surface area contributed by atoms with Crippen molar-refractivity contribution in [1.29, 1.82) is 0 Å². The van der Waals surface area contributed by atoms with Gasteiger partial charge in [0, 0.05) is 13.0 Å². The lowest BCUT2D eigenvalue weighted by Crippen LogP contribution is -2.23. The van der Waals surface area contributed by atoms with E-state index in [9.17, 15) is 8.78 Å². The minimum atomic E-state index is -2.78. The zero-order chi connectivity index (χ0) is 10.6. The highest BCUT2D eigenvalue weighted by molar-refractivity contribution is 5.45. The molecule has 1 aromatic rings. The predicted molar refractivity (Wildman–Crippen MR) is 49.0 cm³/mol. The van der Waals surface area contributed by atoms with Crippen molar-refractivity contribution in [2.24, 2.45) is 5.84 Å². The molecule has 5 nitrogen and oxygen atoms in total. The van der Waals surface area contributed by atoms with Gasteiger partial charge in [0.1, 0.15) is 18.0 Å². The van der Waals surface area contributed by atoms with Crippen molar-refractivity contribution < 1.29 is 8.78 Å². The summed E-state index contributed by atoms with van der Waals surface area (Å²) in [5, 5.41) is 2.46. The summed E-state index contributed by atoms with van der Waals surface area (Å²) in [6, 6.07) is 1.44. The van der Waals surface area contributed by atoms with Crippen molar-refractivity contribution in [3.05, 3.63) is 12.4 Å². The minimum absolute atomic E-state index is 0.300. The van der Waals surface area contributed by atoms with Gasteiger partial charge in [0.05, 0.1) is 6.54 Å². The first kappa shape index (κ1) is 10.6. The van der Waals surface area contributed by atoms with Crippen LogP contribution in [-0.4, -0.2) is 22.4 Å². The Balaban J connectivity index is 2.59. The molecule has 14 heavy (non-hydrogen) atoms. The number of hydrogen-bond acceptors (Lipinski definition) is 5. The summed E-state index contributed by atoms with van der Waals surface area (Å²) >= 11 is 0. The monoisotopic (exact) mass is 203 g/mol. The lowest BCUT2D eigenvalue weighted by atomic mass is 10.4. The average Bonchev–Trinajstić information content (AvgIpc) is 2.14. The Kier molecular flexibility index (Phi) is 3.13. The number of halogens is 2. The highest BCUT2D eigenvalue weighted by Gasteiger charge is 2.20. The zero-order valence-corrected chi connectivity index (χ0v) is 7.59. The third kappa shape index (κ3) is 3.48. The molecule has 0 fully saturated rings. The van der Waals surface area contributed by atoms with E-state index in [4.69, 9.17) is 5.84 Å². The molecule has 1 rings (SSSR count). The topological polar surface area (TPSA) is 75.9 Å². The number of aromatic nitrogens is 2. The van der Waals surface area contributed by atoms with E-state index >= 15 is 0 Å². The summed E-state index contributed by atoms with van der Waals surface area (Å²) in [6.07, 6.45) is 1.23. The Bertz CT molecular complexity index is 298. The minimum Gasteiger partial charge on any atom is -0.364 e. The third-order valence-corrected chi connectivity index (χ3v) is 1.39. The third-order valence-electron chi connectivity index (χ3n) is 1.39. The number of nitrogens with two attached hydrogens (primary N) is 1. The van der Waals surface area contributed by atoms with Gasteiger partial charge in [-0.25, -0.2) is 24.6 Å². The van der Waals surface area contributed by atoms with Crippen LogP contribution in [0.5, 0.6) is 0 Å². The highest BCUT2D eigenvalue weighted by Crippen LogP contribution is 2.13. The predicted octanol–water partition coefficient (Wildman–Crippen LogP) is 0.829. The van der Waals surface area contributed by atoms with E-state index in [1.54, 1.807) is 0 Å². The second-order valence-corrected chi connectivity index (χ2v) is 2.86. The number of nitrogens with zero attached hydrogens (tertiary/aromatic N) is 2. The lowest BCUT2D eigenvalue weighted by Gasteiger charge is -2.11. The van der Waals surface area contributed by atoms with Crippen LogP contribution in [-0.2, 0) is 0 Å². The van der Waals surface area contributed by atoms with Crippen LogP contribution < -0.4 is 16.6 Å². The van der Waals surface area contributed by atoms with Crippen LogP contribution in [0.25, 0.3) is 0 Å². The Hall–Kier alpha value is -1.50. The maximum atomic E-state index is 12.4. The standard InChI is InChI=1S/C7H11F2N5/c1-7(8,9)3-11-5-2-6(14-10)13-4-12-5/h2,4H,3,10H2,1H3,(H2,11,12,13,14). The van der Waals surface area contributed by atoms with Crippen LogP contribution >= 0.6 is 0 Å². The summed E-state index contributed by atoms with van der Waals surface area (Å²) in [6.45, 7) is 0.345. The molecule has 0 unspecified atom stereocenters. The Morgan fingerprint density at radius 1 is 1.43 bits per heavy atom.